The molecule has 2 saturated heterocycles. The van der Waals surface area contributed by atoms with Crippen LogP contribution in [-0.4, -0.2) is 115 Å². The molecule has 0 radical (unpaired) electrons. The molecule has 1 spiro atoms. The molecule has 7 rings (SSSR count). The van der Waals surface area contributed by atoms with E-state index in [0.29, 0.717) is 41.3 Å². The minimum atomic E-state index is -4.15. The van der Waals surface area contributed by atoms with Crippen molar-refractivity contribution < 1.29 is 31.6 Å². The van der Waals surface area contributed by atoms with Gasteiger partial charge >= 0.3 is 15.8 Å². The van der Waals surface area contributed by atoms with Crippen molar-refractivity contribution >= 4 is 56.0 Å². The maximum Gasteiger partial charge on any atom is 0.341 e. The number of methoxy groups -OCH3 is 1. The Labute approximate surface area is 307 Å². The van der Waals surface area contributed by atoms with E-state index in [0.717, 1.165) is 56.2 Å². The number of fused-ring (bicyclic) bond motifs is 3. The molecule has 1 aromatic heterocycles. The lowest BCUT2D eigenvalue weighted by Crippen LogP contribution is -2.53. The van der Waals surface area contributed by atoms with Crippen LogP contribution in [0.25, 0.3) is 11.0 Å². The molecule has 4 heterocycles. The monoisotopic (exact) mass is 758 g/mol. The summed E-state index contributed by atoms with van der Waals surface area (Å²) in [5.74, 6) is -2.67. The van der Waals surface area contributed by atoms with Gasteiger partial charge in [-0.05, 0) is 68.8 Å². The van der Waals surface area contributed by atoms with Gasteiger partial charge in [-0.1, -0.05) is 11.6 Å². The standard InChI is InChI=1S/C36H44ClFN6O7S/c1-21-29(42-13-12-41(4)22(17-42)19-50-5)16-27(37)31-23-6-10-43(18-26(23)35(47)51-32(21)31)34(46)24-15-30(40(2)3)25(14-28(24)38)33(45)39-52(48,49)44-11-9-36(20-44)7-8-36/h14-16,22H,6-13,17-20H2,1-5H3,(H,39,45). The second-order valence-corrected chi connectivity index (χ2v) is 16.9. The van der Waals surface area contributed by atoms with E-state index >= 15 is 4.39 Å². The lowest BCUT2D eigenvalue weighted by atomic mass is 9.94. The lowest BCUT2D eigenvalue weighted by molar-refractivity contribution is 0.0727. The van der Waals surface area contributed by atoms with Crippen molar-refractivity contribution in [1.82, 2.24) is 18.8 Å². The summed E-state index contributed by atoms with van der Waals surface area (Å²) in [6.45, 7) is 5.51. The van der Waals surface area contributed by atoms with Crippen LogP contribution in [0.4, 0.5) is 15.8 Å². The van der Waals surface area contributed by atoms with Gasteiger partial charge in [0.05, 0.1) is 46.6 Å². The number of amides is 2. The first kappa shape index (κ1) is 36.6. The van der Waals surface area contributed by atoms with Crippen LogP contribution in [0.3, 0.4) is 0 Å². The Morgan fingerprint density at radius 1 is 1.10 bits per heavy atom. The minimum absolute atomic E-state index is 0.0117. The molecule has 3 aromatic rings. The van der Waals surface area contributed by atoms with Gasteiger partial charge < -0.3 is 23.9 Å². The number of nitrogens with zero attached hydrogens (tertiary/aromatic N) is 5. The number of ether oxygens (including phenoxy) is 1. The number of carbonyl (C=O) groups is 2. The Morgan fingerprint density at radius 3 is 2.52 bits per heavy atom. The Balaban J connectivity index is 1.14. The summed E-state index contributed by atoms with van der Waals surface area (Å²) in [7, 11) is 2.82. The van der Waals surface area contributed by atoms with Crippen LogP contribution in [-0.2, 0) is 27.9 Å². The van der Waals surface area contributed by atoms with E-state index in [2.05, 4.69) is 21.6 Å². The topological polar surface area (TPSA) is 136 Å². The second-order valence-electron chi connectivity index (χ2n) is 14.8. The molecule has 1 N–H and O–H groups in total. The summed E-state index contributed by atoms with van der Waals surface area (Å²) in [5, 5.41) is 1.06. The number of piperazine rings is 1. The molecule has 3 fully saturated rings. The largest absolute Gasteiger partial charge is 0.422 e. The Bertz CT molecular complexity index is 2140. The van der Waals surface area contributed by atoms with Gasteiger partial charge in [0.2, 0.25) is 0 Å². The van der Waals surface area contributed by atoms with Crippen molar-refractivity contribution in [2.24, 2.45) is 5.41 Å². The summed E-state index contributed by atoms with van der Waals surface area (Å²) in [6, 6.07) is 4.22. The third-order valence-electron chi connectivity index (χ3n) is 11.3. The van der Waals surface area contributed by atoms with E-state index in [1.807, 2.05) is 13.0 Å². The van der Waals surface area contributed by atoms with Crippen molar-refractivity contribution in [1.29, 1.82) is 0 Å². The molecular weight excluding hydrogens is 715 g/mol. The van der Waals surface area contributed by atoms with Gasteiger partial charge in [-0.2, -0.15) is 12.7 Å². The zero-order valence-corrected chi connectivity index (χ0v) is 31.6. The fourth-order valence-electron chi connectivity index (χ4n) is 7.91. The molecule has 0 bridgehead atoms. The summed E-state index contributed by atoms with van der Waals surface area (Å²) < 4.78 is 56.5. The molecule has 1 aliphatic carbocycles. The Kier molecular flexibility index (Phi) is 9.56. The molecular formula is C36H44ClFN6O7S. The maximum atomic E-state index is 15.7. The van der Waals surface area contributed by atoms with E-state index in [4.69, 9.17) is 20.8 Å². The first-order chi connectivity index (χ1) is 24.6. The Morgan fingerprint density at radius 2 is 1.85 bits per heavy atom. The zero-order valence-electron chi connectivity index (χ0n) is 30.1. The quantitative estimate of drug-likeness (QED) is 0.341. The number of halogens is 2. The zero-order chi connectivity index (χ0) is 37.3. The van der Waals surface area contributed by atoms with E-state index in [1.165, 1.54) is 20.2 Å². The fraction of sp³-hybridized carbons (Fsp3) is 0.528. The highest BCUT2D eigenvalue weighted by atomic mass is 35.5. The van der Waals surface area contributed by atoms with E-state index < -0.39 is 33.5 Å². The number of aryl methyl sites for hydroxylation is 1. The van der Waals surface area contributed by atoms with Gasteiger partial charge in [-0.3, -0.25) is 14.5 Å². The second kappa shape index (κ2) is 13.6. The predicted octanol–water partition coefficient (Wildman–Crippen LogP) is 3.39. The highest BCUT2D eigenvalue weighted by Gasteiger charge is 2.50. The molecule has 2 amide bonds. The van der Waals surface area contributed by atoms with Crippen molar-refractivity contribution in [3.8, 4) is 0 Å². The molecule has 3 aliphatic heterocycles. The molecule has 1 atom stereocenters. The third-order valence-corrected chi connectivity index (χ3v) is 13.0. The van der Waals surface area contributed by atoms with Crippen molar-refractivity contribution in [3.05, 3.63) is 67.3 Å². The molecule has 13 nitrogen and oxygen atoms in total. The molecule has 280 valence electrons. The SMILES string of the molecule is COCC1CN(c2cc(Cl)c3c4c(c(=O)oc3c2C)CN(C(=O)c2cc(N(C)C)c(C(=O)NS(=O)(=O)N3CCC5(CC5)C3)cc2F)CC4)CCN1C. The van der Waals surface area contributed by atoms with Crippen LogP contribution in [0.1, 0.15) is 56.7 Å². The number of likely N-dealkylation sites (N-methyl/N-ethyl adjacent to an activating group) is 1. The van der Waals surface area contributed by atoms with Crippen molar-refractivity contribution in [3.63, 3.8) is 0 Å². The fourth-order valence-corrected chi connectivity index (χ4v) is 9.46. The average Bonchev–Trinajstić information content (AvgIpc) is 3.73. The van der Waals surface area contributed by atoms with Gasteiger partial charge in [0.1, 0.15) is 11.4 Å². The smallest absolute Gasteiger partial charge is 0.341 e. The van der Waals surface area contributed by atoms with Gasteiger partial charge in [-0.25, -0.2) is 13.9 Å². The highest BCUT2D eigenvalue weighted by Crippen LogP contribution is 2.53. The molecule has 1 unspecified atom stereocenters. The van der Waals surface area contributed by atoms with Gasteiger partial charge in [-0.15, -0.1) is 0 Å². The first-order valence-electron chi connectivity index (χ1n) is 17.5. The lowest BCUT2D eigenvalue weighted by Gasteiger charge is -2.41. The number of carbonyl (C=O) groups excluding carboxylic acids is 2. The van der Waals surface area contributed by atoms with E-state index in [-0.39, 0.29) is 53.3 Å². The van der Waals surface area contributed by atoms with E-state index in [1.54, 1.807) is 21.2 Å². The summed E-state index contributed by atoms with van der Waals surface area (Å²) in [5.41, 5.74) is 2.07. The number of anilines is 2. The van der Waals surface area contributed by atoms with Crippen molar-refractivity contribution in [2.75, 3.05) is 83.9 Å². The average molecular weight is 759 g/mol. The predicted molar refractivity (Wildman–Crippen MR) is 196 cm³/mol. The normalized spacial score (nSPS) is 20.4. The van der Waals surface area contributed by atoms with Crippen molar-refractivity contribution in [2.45, 2.75) is 45.2 Å². The molecule has 4 aliphatic rings. The third kappa shape index (κ3) is 6.55. The number of benzene rings is 2. The van der Waals surface area contributed by atoms with Gasteiger partial charge in [0.25, 0.3) is 11.8 Å². The van der Waals surface area contributed by atoms with Crippen LogP contribution in [0, 0.1) is 18.2 Å². The van der Waals surface area contributed by atoms with Crippen LogP contribution in [0.2, 0.25) is 5.02 Å². The summed E-state index contributed by atoms with van der Waals surface area (Å²) in [4.78, 5) is 48.0. The Hall–Kier alpha value is -3.76. The summed E-state index contributed by atoms with van der Waals surface area (Å²) >= 11 is 6.93. The van der Waals surface area contributed by atoms with Crippen LogP contribution in [0.15, 0.2) is 27.4 Å². The first-order valence-corrected chi connectivity index (χ1v) is 19.3. The summed E-state index contributed by atoms with van der Waals surface area (Å²) in [6.07, 6.45) is 2.95. The maximum absolute atomic E-state index is 15.7. The number of nitrogens with one attached hydrogen (secondary N) is 1. The van der Waals surface area contributed by atoms with Gasteiger partial charge in [0.15, 0.2) is 0 Å². The molecule has 1 saturated carbocycles. The molecule has 2 aromatic carbocycles. The minimum Gasteiger partial charge on any atom is -0.422 e. The number of hydrogen-bond acceptors (Lipinski definition) is 10. The van der Waals surface area contributed by atoms with Crippen LogP contribution >= 0.6 is 11.6 Å². The van der Waals surface area contributed by atoms with Crippen LogP contribution < -0.4 is 20.1 Å². The molecule has 52 heavy (non-hydrogen) atoms. The van der Waals surface area contributed by atoms with Gasteiger partial charge in [0, 0.05) is 77.1 Å². The number of rotatable bonds is 8. The highest BCUT2D eigenvalue weighted by molar-refractivity contribution is 7.87. The molecule has 16 heteroatoms. The van der Waals surface area contributed by atoms with Crippen LogP contribution in [0.5, 0.6) is 0 Å². The number of hydrogen-bond donors (Lipinski definition) is 1. The van der Waals surface area contributed by atoms with E-state index in [9.17, 15) is 22.8 Å².